The maximum absolute atomic E-state index is 12.9. The van der Waals surface area contributed by atoms with Gasteiger partial charge in [0.2, 0.25) is 0 Å². The molecule has 1 saturated carbocycles. The molecule has 2 nitrogen and oxygen atoms in total. The molecule has 1 fully saturated rings. The molecule has 3 heteroatoms. The predicted molar refractivity (Wildman–Crippen MR) is 71.1 cm³/mol. The molecule has 0 heterocycles. The molecule has 0 saturated heterocycles. The highest BCUT2D eigenvalue weighted by Gasteiger charge is 2.14. The Hall–Kier alpha value is -0.930. The lowest BCUT2D eigenvalue weighted by atomic mass is 10.1. The first-order valence-corrected chi connectivity index (χ1v) is 6.83. The zero-order valence-corrected chi connectivity index (χ0v) is 11.0. The minimum Gasteiger partial charge on any atom is -0.377 e. The van der Waals surface area contributed by atoms with E-state index in [0.717, 1.165) is 30.8 Å². The van der Waals surface area contributed by atoms with Crippen molar-refractivity contribution in [2.75, 3.05) is 13.2 Å². The molecule has 0 unspecified atom stereocenters. The third kappa shape index (κ3) is 4.07. The van der Waals surface area contributed by atoms with Crippen molar-refractivity contribution in [1.29, 1.82) is 0 Å². The molecule has 100 valence electrons. The van der Waals surface area contributed by atoms with E-state index in [1.165, 1.54) is 31.7 Å². The van der Waals surface area contributed by atoms with Gasteiger partial charge in [-0.15, -0.1) is 0 Å². The third-order valence-electron chi connectivity index (χ3n) is 3.55. The van der Waals surface area contributed by atoms with Crippen LogP contribution < -0.4 is 5.32 Å². The number of benzene rings is 1. The summed E-state index contributed by atoms with van der Waals surface area (Å²) in [5.74, 6) is -0.166. The van der Waals surface area contributed by atoms with Gasteiger partial charge in [-0.25, -0.2) is 4.39 Å². The minimum atomic E-state index is -0.166. The van der Waals surface area contributed by atoms with Crippen LogP contribution in [-0.4, -0.2) is 19.3 Å². The number of hydrogen-bond acceptors (Lipinski definition) is 2. The molecule has 0 atom stereocenters. The summed E-state index contributed by atoms with van der Waals surface area (Å²) in [5.41, 5.74) is 2.15. The molecule has 18 heavy (non-hydrogen) atoms. The molecule has 0 spiro atoms. The van der Waals surface area contributed by atoms with Crippen molar-refractivity contribution in [2.24, 2.45) is 0 Å². The van der Waals surface area contributed by atoms with Gasteiger partial charge in [-0.2, -0.15) is 0 Å². The molecule has 0 aliphatic heterocycles. The normalized spacial score (nSPS) is 16.3. The molecule has 1 aliphatic rings. The van der Waals surface area contributed by atoms with E-state index in [1.807, 2.05) is 13.0 Å². The minimum absolute atomic E-state index is 0.166. The summed E-state index contributed by atoms with van der Waals surface area (Å²) in [7, 11) is 0. The maximum Gasteiger partial charge on any atom is 0.123 e. The van der Waals surface area contributed by atoms with Crippen molar-refractivity contribution in [3.8, 4) is 0 Å². The molecule has 0 radical (unpaired) electrons. The van der Waals surface area contributed by atoms with E-state index in [1.54, 1.807) is 6.07 Å². The van der Waals surface area contributed by atoms with Crippen LogP contribution in [0, 0.1) is 12.7 Å². The second kappa shape index (κ2) is 6.86. The molecule has 0 bridgehead atoms. The molecular formula is C15H22FNO. The fourth-order valence-corrected chi connectivity index (χ4v) is 2.43. The lowest BCUT2D eigenvalue weighted by Crippen LogP contribution is -2.22. The first-order chi connectivity index (χ1) is 8.75. The topological polar surface area (TPSA) is 21.3 Å². The molecular weight excluding hydrogens is 229 g/mol. The smallest absolute Gasteiger partial charge is 0.123 e. The quantitative estimate of drug-likeness (QED) is 0.784. The average Bonchev–Trinajstić information content (AvgIpc) is 2.84. The van der Waals surface area contributed by atoms with Gasteiger partial charge < -0.3 is 10.1 Å². The highest BCUT2D eigenvalue weighted by molar-refractivity contribution is 5.26. The van der Waals surface area contributed by atoms with E-state index in [4.69, 9.17) is 4.74 Å². The summed E-state index contributed by atoms with van der Waals surface area (Å²) in [6.07, 6.45) is 5.55. The van der Waals surface area contributed by atoms with Crippen molar-refractivity contribution in [3.63, 3.8) is 0 Å². The summed E-state index contributed by atoms with van der Waals surface area (Å²) >= 11 is 0. The van der Waals surface area contributed by atoms with Crippen LogP contribution in [0.2, 0.25) is 0 Å². The summed E-state index contributed by atoms with van der Waals surface area (Å²) in [4.78, 5) is 0. The van der Waals surface area contributed by atoms with E-state index < -0.39 is 0 Å². The molecule has 1 aromatic carbocycles. The Balaban J connectivity index is 1.62. The van der Waals surface area contributed by atoms with Gasteiger partial charge in [0.05, 0.1) is 12.7 Å². The Bertz CT molecular complexity index is 375. The van der Waals surface area contributed by atoms with Crippen LogP contribution in [0.1, 0.15) is 36.8 Å². The second-order valence-corrected chi connectivity index (χ2v) is 5.02. The maximum atomic E-state index is 12.9. The van der Waals surface area contributed by atoms with Gasteiger partial charge in [-0.3, -0.25) is 0 Å². The van der Waals surface area contributed by atoms with Crippen molar-refractivity contribution in [1.82, 2.24) is 5.32 Å². The Morgan fingerprint density at radius 1 is 1.33 bits per heavy atom. The summed E-state index contributed by atoms with van der Waals surface area (Å²) in [6.45, 7) is 4.34. The van der Waals surface area contributed by atoms with Crippen LogP contribution in [0.15, 0.2) is 18.2 Å². The number of aryl methyl sites for hydroxylation is 1. The van der Waals surface area contributed by atoms with E-state index >= 15 is 0 Å². The van der Waals surface area contributed by atoms with Crippen LogP contribution in [0.5, 0.6) is 0 Å². The molecule has 0 aromatic heterocycles. The molecule has 1 aromatic rings. The van der Waals surface area contributed by atoms with Crippen molar-refractivity contribution in [3.05, 3.63) is 35.1 Å². The van der Waals surface area contributed by atoms with Crippen molar-refractivity contribution >= 4 is 0 Å². The summed E-state index contributed by atoms with van der Waals surface area (Å²) in [5, 5.41) is 3.34. The fraction of sp³-hybridized carbons (Fsp3) is 0.600. The monoisotopic (exact) mass is 251 g/mol. The Labute approximate surface area is 109 Å². The van der Waals surface area contributed by atoms with Gasteiger partial charge in [0.15, 0.2) is 0 Å². The molecule has 1 aliphatic carbocycles. The van der Waals surface area contributed by atoms with E-state index in [9.17, 15) is 4.39 Å². The van der Waals surface area contributed by atoms with Gasteiger partial charge in [0.25, 0.3) is 0 Å². The van der Waals surface area contributed by atoms with E-state index in [-0.39, 0.29) is 5.82 Å². The standard InChI is InChI=1S/C15H22FNO/c1-12-10-14(16)7-6-13(12)11-17-8-9-18-15-4-2-3-5-15/h6-7,10,15,17H,2-5,8-9,11H2,1H3. The molecule has 2 rings (SSSR count). The number of halogens is 1. The first-order valence-electron chi connectivity index (χ1n) is 6.83. The third-order valence-corrected chi connectivity index (χ3v) is 3.55. The van der Waals surface area contributed by atoms with Gasteiger partial charge >= 0.3 is 0 Å². The SMILES string of the molecule is Cc1cc(F)ccc1CNCCOC1CCCC1. The zero-order valence-electron chi connectivity index (χ0n) is 11.0. The number of ether oxygens (including phenoxy) is 1. The Kier molecular flexibility index (Phi) is 5.14. The number of nitrogens with one attached hydrogen (secondary N) is 1. The van der Waals surface area contributed by atoms with Crippen LogP contribution >= 0.6 is 0 Å². The predicted octanol–water partition coefficient (Wildman–Crippen LogP) is 3.18. The number of hydrogen-bond donors (Lipinski definition) is 1. The highest BCUT2D eigenvalue weighted by Crippen LogP contribution is 2.20. The van der Waals surface area contributed by atoms with E-state index in [2.05, 4.69) is 5.32 Å². The Morgan fingerprint density at radius 2 is 2.11 bits per heavy atom. The fourth-order valence-electron chi connectivity index (χ4n) is 2.43. The van der Waals surface area contributed by atoms with Gasteiger partial charge in [0.1, 0.15) is 5.82 Å². The molecule has 0 amide bonds. The summed E-state index contributed by atoms with van der Waals surface area (Å²) < 4.78 is 18.7. The zero-order chi connectivity index (χ0) is 12.8. The van der Waals surface area contributed by atoms with Crippen LogP contribution in [0.4, 0.5) is 4.39 Å². The molecule has 1 N–H and O–H groups in total. The lowest BCUT2D eigenvalue weighted by Gasteiger charge is -2.12. The van der Waals surface area contributed by atoms with Crippen molar-refractivity contribution in [2.45, 2.75) is 45.3 Å². The highest BCUT2D eigenvalue weighted by atomic mass is 19.1. The van der Waals surface area contributed by atoms with Gasteiger partial charge in [-0.1, -0.05) is 18.9 Å². The second-order valence-electron chi connectivity index (χ2n) is 5.02. The van der Waals surface area contributed by atoms with Crippen LogP contribution in [-0.2, 0) is 11.3 Å². The summed E-state index contributed by atoms with van der Waals surface area (Å²) in [6, 6.07) is 4.93. The van der Waals surface area contributed by atoms with Crippen LogP contribution in [0.25, 0.3) is 0 Å². The van der Waals surface area contributed by atoms with Crippen molar-refractivity contribution < 1.29 is 9.13 Å². The van der Waals surface area contributed by atoms with Gasteiger partial charge in [0, 0.05) is 13.1 Å². The largest absolute Gasteiger partial charge is 0.377 e. The average molecular weight is 251 g/mol. The lowest BCUT2D eigenvalue weighted by molar-refractivity contribution is 0.0602. The first kappa shape index (κ1) is 13.5. The van der Waals surface area contributed by atoms with E-state index in [0.29, 0.717) is 6.10 Å². The Morgan fingerprint density at radius 3 is 2.83 bits per heavy atom. The van der Waals surface area contributed by atoms with Gasteiger partial charge in [-0.05, 0) is 43.0 Å². The number of rotatable bonds is 6. The van der Waals surface area contributed by atoms with Crippen LogP contribution in [0.3, 0.4) is 0 Å².